The van der Waals surface area contributed by atoms with Crippen LogP contribution >= 0.6 is 0 Å². The first-order chi connectivity index (χ1) is 11.7. The number of likely N-dealkylation sites (tertiary alicyclic amines) is 1. The molecular weight excluding hydrogens is 300 g/mol. The number of hydrogen-bond acceptors (Lipinski definition) is 4. The van der Waals surface area contributed by atoms with Crippen LogP contribution in [-0.2, 0) is 16.1 Å². The van der Waals surface area contributed by atoms with Crippen molar-refractivity contribution in [2.45, 2.75) is 31.5 Å². The van der Waals surface area contributed by atoms with Gasteiger partial charge in [-0.2, -0.15) is 0 Å². The molecule has 1 heterocycles. The molecule has 0 radical (unpaired) electrons. The molecule has 2 aromatic rings. The summed E-state index contributed by atoms with van der Waals surface area (Å²) >= 11 is 0. The largest absolute Gasteiger partial charge is 0.461 e. The summed E-state index contributed by atoms with van der Waals surface area (Å²) in [7, 11) is 0. The van der Waals surface area contributed by atoms with Crippen LogP contribution in [0.5, 0.6) is 0 Å². The molecule has 0 aliphatic carbocycles. The summed E-state index contributed by atoms with van der Waals surface area (Å²) in [5.74, 6) is -0.331. The van der Waals surface area contributed by atoms with Gasteiger partial charge in [-0.25, -0.2) is 4.79 Å². The average molecular weight is 324 g/mol. The minimum absolute atomic E-state index is 0.0284. The van der Waals surface area contributed by atoms with Gasteiger partial charge in [0.05, 0.1) is 0 Å². The molecule has 2 aromatic carbocycles. The fraction of sp³-hybridized carbons (Fsp3) is 0.350. The van der Waals surface area contributed by atoms with Crippen molar-refractivity contribution in [2.24, 2.45) is 5.73 Å². The summed E-state index contributed by atoms with van der Waals surface area (Å²) in [6, 6.07) is 19.1. The molecular formula is C20H24N2O2. The minimum Gasteiger partial charge on any atom is -0.461 e. The summed E-state index contributed by atoms with van der Waals surface area (Å²) in [4.78, 5) is 14.6. The summed E-state index contributed by atoms with van der Waals surface area (Å²) < 4.78 is 5.62. The molecule has 1 unspecified atom stereocenters. The second-order valence-electron chi connectivity index (χ2n) is 6.29. The molecule has 1 aliphatic rings. The van der Waals surface area contributed by atoms with E-state index in [1.54, 1.807) is 0 Å². The summed E-state index contributed by atoms with van der Waals surface area (Å²) in [5, 5.41) is 0. The molecule has 24 heavy (non-hydrogen) atoms. The summed E-state index contributed by atoms with van der Waals surface area (Å²) in [6.07, 6.45) is 1.69. The van der Waals surface area contributed by atoms with Crippen LogP contribution in [0.25, 0.3) is 0 Å². The maximum atomic E-state index is 12.2. The smallest absolute Gasteiger partial charge is 0.327 e. The van der Waals surface area contributed by atoms with Crippen molar-refractivity contribution in [1.82, 2.24) is 4.90 Å². The highest BCUT2D eigenvalue weighted by Crippen LogP contribution is 2.19. The van der Waals surface area contributed by atoms with Crippen LogP contribution < -0.4 is 5.73 Å². The molecule has 126 valence electrons. The van der Waals surface area contributed by atoms with Gasteiger partial charge in [0, 0.05) is 19.6 Å². The van der Waals surface area contributed by atoms with Crippen LogP contribution in [0.4, 0.5) is 0 Å². The molecule has 0 bridgehead atoms. The van der Waals surface area contributed by atoms with Crippen LogP contribution in [0.15, 0.2) is 60.7 Å². The molecule has 1 saturated heterocycles. The van der Waals surface area contributed by atoms with E-state index in [4.69, 9.17) is 10.5 Å². The van der Waals surface area contributed by atoms with Crippen molar-refractivity contribution in [3.05, 3.63) is 71.8 Å². The van der Waals surface area contributed by atoms with Crippen molar-refractivity contribution in [3.63, 3.8) is 0 Å². The number of carbonyl (C=O) groups excluding carboxylic acids is 1. The van der Waals surface area contributed by atoms with Crippen LogP contribution in [0.2, 0.25) is 0 Å². The summed E-state index contributed by atoms with van der Waals surface area (Å²) in [6.45, 7) is 2.83. The fourth-order valence-electron chi connectivity index (χ4n) is 3.06. The van der Waals surface area contributed by atoms with Gasteiger partial charge in [-0.15, -0.1) is 0 Å². The van der Waals surface area contributed by atoms with E-state index in [-0.39, 0.29) is 12.1 Å². The number of ether oxygens (including phenoxy) is 1. The lowest BCUT2D eigenvalue weighted by atomic mass is 10.1. The Morgan fingerprint density at radius 2 is 1.62 bits per heavy atom. The Kier molecular flexibility index (Phi) is 5.62. The van der Waals surface area contributed by atoms with Crippen LogP contribution in [0.3, 0.4) is 0 Å². The highest BCUT2D eigenvalue weighted by atomic mass is 16.5. The first kappa shape index (κ1) is 16.7. The van der Waals surface area contributed by atoms with Gasteiger partial charge in [0.2, 0.25) is 0 Å². The van der Waals surface area contributed by atoms with Crippen molar-refractivity contribution in [1.29, 1.82) is 0 Å². The predicted molar refractivity (Wildman–Crippen MR) is 94.2 cm³/mol. The van der Waals surface area contributed by atoms with Crippen LogP contribution in [0, 0.1) is 0 Å². The Labute approximate surface area is 143 Å². The van der Waals surface area contributed by atoms with Gasteiger partial charge in [0.25, 0.3) is 0 Å². The molecule has 1 atom stereocenters. The monoisotopic (exact) mass is 324 g/mol. The lowest BCUT2D eigenvalue weighted by Crippen LogP contribution is -2.38. The molecule has 0 spiro atoms. The SMILES string of the molecule is NC(C(=O)OC1CCN(Cc2ccccc2)CC1)c1ccccc1. The molecule has 1 fully saturated rings. The maximum Gasteiger partial charge on any atom is 0.327 e. The van der Waals surface area contributed by atoms with Gasteiger partial charge in [0.15, 0.2) is 0 Å². The van der Waals surface area contributed by atoms with E-state index in [0.717, 1.165) is 38.0 Å². The fourth-order valence-corrected chi connectivity index (χ4v) is 3.06. The molecule has 3 rings (SSSR count). The third-order valence-electron chi connectivity index (χ3n) is 4.48. The Bertz CT molecular complexity index is 637. The lowest BCUT2D eigenvalue weighted by Gasteiger charge is -2.32. The van der Waals surface area contributed by atoms with E-state index >= 15 is 0 Å². The van der Waals surface area contributed by atoms with E-state index in [9.17, 15) is 4.79 Å². The second-order valence-corrected chi connectivity index (χ2v) is 6.29. The quantitative estimate of drug-likeness (QED) is 0.859. The van der Waals surface area contributed by atoms with Crippen molar-refractivity contribution in [3.8, 4) is 0 Å². The van der Waals surface area contributed by atoms with Gasteiger partial charge in [-0.1, -0.05) is 60.7 Å². The second kappa shape index (κ2) is 8.08. The van der Waals surface area contributed by atoms with Gasteiger partial charge in [-0.3, -0.25) is 4.90 Å². The van der Waals surface area contributed by atoms with E-state index < -0.39 is 6.04 Å². The Morgan fingerprint density at radius 3 is 2.25 bits per heavy atom. The molecule has 4 nitrogen and oxygen atoms in total. The van der Waals surface area contributed by atoms with Crippen LogP contribution in [-0.4, -0.2) is 30.1 Å². The minimum atomic E-state index is -0.700. The zero-order valence-corrected chi connectivity index (χ0v) is 13.8. The number of nitrogens with two attached hydrogens (primary N) is 1. The molecule has 0 amide bonds. The molecule has 4 heteroatoms. The van der Waals surface area contributed by atoms with Gasteiger partial charge in [0.1, 0.15) is 12.1 Å². The molecule has 1 aliphatic heterocycles. The number of rotatable bonds is 5. The van der Waals surface area contributed by atoms with Crippen molar-refractivity contribution in [2.75, 3.05) is 13.1 Å². The first-order valence-electron chi connectivity index (χ1n) is 8.49. The zero-order valence-electron chi connectivity index (χ0n) is 13.8. The van der Waals surface area contributed by atoms with E-state index in [1.807, 2.05) is 36.4 Å². The van der Waals surface area contributed by atoms with E-state index in [1.165, 1.54) is 5.56 Å². The number of piperidine rings is 1. The maximum absolute atomic E-state index is 12.2. The lowest BCUT2D eigenvalue weighted by molar-refractivity contribution is -0.153. The third-order valence-corrected chi connectivity index (χ3v) is 4.48. The van der Waals surface area contributed by atoms with E-state index in [0.29, 0.717) is 0 Å². The van der Waals surface area contributed by atoms with Crippen molar-refractivity contribution >= 4 is 5.97 Å². The van der Waals surface area contributed by atoms with Gasteiger partial charge < -0.3 is 10.5 Å². The predicted octanol–water partition coefficient (Wildman–Crippen LogP) is 2.89. The Hall–Kier alpha value is -2.17. The standard InChI is InChI=1S/C20H24N2O2/c21-19(17-9-5-2-6-10-17)20(23)24-18-11-13-22(14-12-18)15-16-7-3-1-4-8-16/h1-10,18-19H,11-15,21H2. The number of esters is 1. The normalized spacial score (nSPS) is 17.4. The summed E-state index contributed by atoms with van der Waals surface area (Å²) in [5.41, 5.74) is 8.11. The number of benzene rings is 2. The first-order valence-corrected chi connectivity index (χ1v) is 8.49. The van der Waals surface area contributed by atoms with Crippen LogP contribution in [0.1, 0.15) is 30.0 Å². The molecule has 0 aromatic heterocycles. The molecule has 2 N–H and O–H groups in total. The Balaban J connectivity index is 1.46. The van der Waals surface area contributed by atoms with Gasteiger partial charge >= 0.3 is 5.97 Å². The number of nitrogens with zero attached hydrogens (tertiary/aromatic N) is 1. The highest BCUT2D eigenvalue weighted by molar-refractivity contribution is 5.77. The average Bonchev–Trinajstić information content (AvgIpc) is 2.64. The number of carbonyl (C=O) groups is 1. The van der Waals surface area contributed by atoms with Crippen molar-refractivity contribution < 1.29 is 9.53 Å². The topological polar surface area (TPSA) is 55.6 Å². The zero-order chi connectivity index (χ0) is 16.8. The Morgan fingerprint density at radius 1 is 1.04 bits per heavy atom. The highest BCUT2D eigenvalue weighted by Gasteiger charge is 2.25. The van der Waals surface area contributed by atoms with E-state index in [2.05, 4.69) is 29.2 Å². The molecule has 0 saturated carbocycles. The van der Waals surface area contributed by atoms with Gasteiger partial charge in [-0.05, 0) is 24.0 Å². The third kappa shape index (κ3) is 4.43. The number of hydrogen-bond donors (Lipinski definition) is 1.